The Morgan fingerprint density at radius 1 is 1.15 bits per heavy atom. The minimum atomic E-state index is -0.0686. The summed E-state index contributed by atoms with van der Waals surface area (Å²) in [6.07, 6.45) is 0. The Hall–Kier alpha value is -1.85. The van der Waals surface area contributed by atoms with E-state index < -0.39 is 0 Å². The number of aryl methyl sites for hydroxylation is 2. The first-order valence-corrected chi connectivity index (χ1v) is 6.39. The third-order valence-electron chi connectivity index (χ3n) is 2.85. The van der Waals surface area contributed by atoms with E-state index in [2.05, 4.69) is 9.97 Å². The van der Waals surface area contributed by atoms with Crippen LogP contribution < -0.4 is 9.47 Å². The maximum Gasteiger partial charge on any atom is 0.258 e. The van der Waals surface area contributed by atoms with Crippen LogP contribution in [-0.4, -0.2) is 22.2 Å². The minimum absolute atomic E-state index is 0.0686. The lowest BCUT2D eigenvalue weighted by molar-refractivity contribution is 0.280. The molecule has 0 atom stereocenters. The van der Waals surface area contributed by atoms with Crippen molar-refractivity contribution in [3.05, 3.63) is 40.3 Å². The van der Waals surface area contributed by atoms with Crippen LogP contribution in [0.15, 0.2) is 18.2 Å². The molecule has 0 amide bonds. The average molecular weight is 295 g/mol. The van der Waals surface area contributed by atoms with Crippen LogP contribution in [0.1, 0.15) is 17.0 Å². The predicted molar refractivity (Wildman–Crippen MR) is 75.5 cm³/mol. The first-order chi connectivity index (χ1) is 9.55. The summed E-state index contributed by atoms with van der Waals surface area (Å²) in [5.74, 6) is 1.18. The first kappa shape index (κ1) is 14.6. The molecule has 1 N–H and O–H groups in total. The minimum Gasteiger partial charge on any atom is -0.493 e. The number of benzene rings is 1. The summed E-state index contributed by atoms with van der Waals surface area (Å²) < 4.78 is 10.9. The number of hydrogen-bond acceptors (Lipinski definition) is 5. The average Bonchev–Trinajstić information content (AvgIpc) is 2.45. The molecule has 0 aliphatic heterocycles. The number of ether oxygens (including phenoxy) is 2. The number of aliphatic hydroxyl groups excluding tert-OH is 1. The summed E-state index contributed by atoms with van der Waals surface area (Å²) >= 11 is 6.03. The van der Waals surface area contributed by atoms with E-state index in [-0.39, 0.29) is 17.6 Å². The summed E-state index contributed by atoms with van der Waals surface area (Å²) in [5.41, 5.74) is 2.23. The van der Waals surface area contributed by atoms with Crippen molar-refractivity contribution in [2.24, 2.45) is 0 Å². The molecule has 20 heavy (non-hydrogen) atoms. The van der Waals surface area contributed by atoms with Gasteiger partial charge in [-0.1, -0.05) is 17.7 Å². The number of aromatic nitrogens is 2. The van der Waals surface area contributed by atoms with Crippen LogP contribution >= 0.6 is 11.6 Å². The molecule has 1 heterocycles. The SMILES string of the molecule is COc1cc(CO)ccc1Oc1nc(C)c(C)nc1Cl. The van der Waals surface area contributed by atoms with Gasteiger partial charge in [-0.2, -0.15) is 0 Å². The molecule has 1 aromatic heterocycles. The van der Waals surface area contributed by atoms with Gasteiger partial charge in [0.1, 0.15) is 0 Å². The molecule has 0 fully saturated rings. The van der Waals surface area contributed by atoms with E-state index in [1.807, 2.05) is 13.8 Å². The Labute approximate surface area is 122 Å². The number of halogens is 1. The van der Waals surface area contributed by atoms with Crippen molar-refractivity contribution in [2.75, 3.05) is 7.11 Å². The largest absolute Gasteiger partial charge is 0.493 e. The van der Waals surface area contributed by atoms with Crippen molar-refractivity contribution >= 4 is 11.6 Å². The van der Waals surface area contributed by atoms with Crippen LogP contribution in [0.25, 0.3) is 0 Å². The van der Waals surface area contributed by atoms with Crippen molar-refractivity contribution in [1.29, 1.82) is 0 Å². The van der Waals surface area contributed by atoms with Crippen LogP contribution in [0, 0.1) is 13.8 Å². The summed E-state index contributed by atoms with van der Waals surface area (Å²) in [6, 6.07) is 5.12. The molecular formula is C14H15ClN2O3. The highest BCUT2D eigenvalue weighted by Gasteiger charge is 2.13. The third kappa shape index (κ3) is 3.00. The number of hydrogen-bond donors (Lipinski definition) is 1. The Morgan fingerprint density at radius 2 is 1.85 bits per heavy atom. The molecule has 0 bridgehead atoms. The summed E-state index contributed by atoms with van der Waals surface area (Å²) in [6.45, 7) is 3.59. The Morgan fingerprint density at radius 3 is 2.50 bits per heavy atom. The van der Waals surface area contributed by atoms with Crippen LogP contribution in [-0.2, 0) is 6.61 Å². The maximum atomic E-state index is 9.11. The lowest BCUT2D eigenvalue weighted by atomic mass is 10.2. The van der Waals surface area contributed by atoms with Gasteiger partial charge in [0.2, 0.25) is 0 Å². The molecule has 0 aliphatic rings. The fourth-order valence-corrected chi connectivity index (χ4v) is 1.83. The summed E-state index contributed by atoms with van der Waals surface area (Å²) in [4.78, 5) is 8.42. The Balaban J connectivity index is 2.37. The van der Waals surface area contributed by atoms with Crippen LogP contribution in [0.4, 0.5) is 0 Å². The van der Waals surface area contributed by atoms with E-state index in [1.54, 1.807) is 18.2 Å². The molecule has 1 aromatic carbocycles. The highest BCUT2D eigenvalue weighted by atomic mass is 35.5. The van der Waals surface area contributed by atoms with Gasteiger partial charge in [0, 0.05) is 0 Å². The van der Waals surface area contributed by atoms with E-state index >= 15 is 0 Å². The van der Waals surface area contributed by atoms with E-state index in [0.717, 1.165) is 17.0 Å². The van der Waals surface area contributed by atoms with Gasteiger partial charge in [-0.05, 0) is 31.5 Å². The molecule has 106 valence electrons. The second-order valence-electron chi connectivity index (χ2n) is 4.24. The standard InChI is InChI=1S/C14H15ClN2O3/c1-8-9(2)17-14(13(15)16-8)20-11-5-4-10(7-18)6-12(11)19-3/h4-6,18H,7H2,1-3H3. The van der Waals surface area contributed by atoms with Crippen molar-refractivity contribution < 1.29 is 14.6 Å². The molecule has 0 aliphatic carbocycles. The highest BCUT2D eigenvalue weighted by Crippen LogP contribution is 2.34. The topological polar surface area (TPSA) is 64.5 Å². The van der Waals surface area contributed by atoms with Crippen molar-refractivity contribution in [3.8, 4) is 17.4 Å². The number of aliphatic hydroxyl groups is 1. The quantitative estimate of drug-likeness (QED) is 0.939. The fourth-order valence-electron chi connectivity index (χ4n) is 1.62. The fraction of sp³-hybridized carbons (Fsp3) is 0.286. The van der Waals surface area contributed by atoms with Crippen LogP contribution in [0.2, 0.25) is 5.15 Å². The number of rotatable bonds is 4. The molecule has 6 heteroatoms. The molecule has 0 saturated carbocycles. The molecule has 0 saturated heterocycles. The monoisotopic (exact) mass is 294 g/mol. The molecule has 2 rings (SSSR count). The number of nitrogens with zero attached hydrogens (tertiary/aromatic N) is 2. The zero-order valence-corrected chi connectivity index (χ0v) is 12.2. The third-order valence-corrected chi connectivity index (χ3v) is 3.10. The molecule has 2 aromatic rings. The van der Waals surface area contributed by atoms with Crippen molar-refractivity contribution in [1.82, 2.24) is 9.97 Å². The van der Waals surface area contributed by atoms with Gasteiger partial charge in [0.15, 0.2) is 16.7 Å². The van der Waals surface area contributed by atoms with Gasteiger partial charge in [0.05, 0.1) is 25.1 Å². The van der Waals surface area contributed by atoms with E-state index in [4.69, 9.17) is 26.2 Å². The highest BCUT2D eigenvalue weighted by molar-refractivity contribution is 6.30. The molecule has 5 nitrogen and oxygen atoms in total. The second-order valence-corrected chi connectivity index (χ2v) is 4.59. The van der Waals surface area contributed by atoms with Gasteiger partial charge in [0.25, 0.3) is 5.88 Å². The molecule has 0 unspecified atom stereocenters. The van der Waals surface area contributed by atoms with Crippen LogP contribution in [0.3, 0.4) is 0 Å². The second kappa shape index (κ2) is 6.07. The molecule has 0 radical (unpaired) electrons. The molecule has 0 spiro atoms. The number of methoxy groups -OCH3 is 1. The van der Waals surface area contributed by atoms with E-state index in [9.17, 15) is 0 Å². The molecular weight excluding hydrogens is 280 g/mol. The van der Waals surface area contributed by atoms with Crippen LogP contribution in [0.5, 0.6) is 17.4 Å². The Bertz CT molecular complexity index is 632. The summed E-state index contributed by atoms with van der Waals surface area (Å²) in [7, 11) is 1.52. The lowest BCUT2D eigenvalue weighted by Gasteiger charge is -2.12. The summed E-state index contributed by atoms with van der Waals surface area (Å²) in [5, 5.41) is 9.31. The van der Waals surface area contributed by atoms with E-state index in [0.29, 0.717) is 11.5 Å². The zero-order chi connectivity index (χ0) is 14.7. The van der Waals surface area contributed by atoms with Gasteiger partial charge in [-0.15, -0.1) is 0 Å². The predicted octanol–water partition coefficient (Wildman–Crippen LogP) is 3.04. The zero-order valence-electron chi connectivity index (χ0n) is 11.5. The first-order valence-electron chi connectivity index (χ1n) is 6.01. The lowest BCUT2D eigenvalue weighted by Crippen LogP contribution is -1.99. The van der Waals surface area contributed by atoms with Gasteiger partial charge < -0.3 is 14.6 Å². The smallest absolute Gasteiger partial charge is 0.258 e. The Kier molecular flexibility index (Phi) is 4.42. The van der Waals surface area contributed by atoms with Crippen molar-refractivity contribution in [3.63, 3.8) is 0 Å². The van der Waals surface area contributed by atoms with Gasteiger partial charge in [-0.25, -0.2) is 9.97 Å². The van der Waals surface area contributed by atoms with Gasteiger partial charge in [-0.3, -0.25) is 0 Å². The van der Waals surface area contributed by atoms with Gasteiger partial charge >= 0.3 is 0 Å². The normalized spacial score (nSPS) is 10.4. The van der Waals surface area contributed by atoms with Crippen molar-refractivity contribution in [2.45, 2.75) is 20.5 Å². The maximum absolute atomic E-state index is 9.11. The van der Waals surface area contributed by atoms with E-state index in [1.165, 1.54) is 7.11 Å².